The molecule has 3 aromatic rings. The van der Waals surface area contributed by atoms with Gasteiger partial charge in [-0.25, -0.2) is 9.78 Å². The van der Waals surface area contributed by atoms with Crippen molar-refractivity contribution in [2.24, 2.45) is 0 Å². The summed E-state index contributed by atoms with van der Waals surface area (Å²) in [6, 6.07) is 12.9. The molecule has 0 saturated heterocycles. The molecule has 0 aliphatic carbocycles. The van der Waals surface area contributed by atoms with Gasteiger partial charge in [-0.2, -0.15) is 0 Å². The molecule has 1 aromatic carbocycles. The lowest BCUT2D eigenvalue weighted by Gasteiger charge is -1.98. The number of benzene rings is 1. The standard InChI is InChI=1S/C16H12N2O3/c1-20-16(19)13-14(12-8-5-9-17-10-12)21-15(18-13)11-6-3-2-4-7-11/h2-10H,1H3. The number of methoxy groups -OCH3 is 1. The molecule has 0 unspecified atom stereocenters. The topological polar surface area (TPSA) is 65.2 Å². The van der Waals surface area contributed by atoms with Crippen LogP contribution in [0.15, 0.2) is 59.3 Å². The maximum absolute atomic E-state index is 11.9. The van der Waals surface area contributed by atoms with Crippen LogP contribution in [-0.4, -0.2) is 23.0 Å². The molecule has 5 nitrogen and oxygen atoms in total. The molecule has 5 heteroatoms. The van der Waals surface area contributed by atoms with Crippen molar-refractivity contribution in [3.63, 3.8) is 0 Å². The molecule has 0 atom stereocenters. The maximum atomic E-state index is 11.9. The minimum absolute atomic E-state index is 0.143. The van der Waals surface area contributed by atoms with Crippen LogP contribution in [0.2, 0.25) is 0 Å². The van der Waals surface area contributed by atoms with Crippen molar-refractivity contribution in [2.45, 2.75) is 0 Å². The molecule has 0 aliphatic rings. The molecule has 3 rings (SSSR count). The molecular weight excluding hydrogens is 268 g/mol. The van der Waals surface area contributed by atoms with Crippen molar-refractivity contribution in [1.29, 1.82) is 0 Å². The van der Waals surface area contributed by atoms with E-state index in [0.717, 1.165) is 5.56 Å². The number of nitrogens with zero attached hydrogens (tertiary/aromatic N) is 2. The smallest absolute Gasteiger partial charge is 0.360 e. The normalized spacial score (nSPS) is 10.3. The van der Waals surface area contributed by atoms with Crippen molar-refractivity contribution in [2.75, 3.05) is 7.11 Å². The molecule has 0 spiro atoms. The van der Waals surface area contributed by atoms with E-state index in [9.17, 15) is 4.79 Å². The highest BCUT2D eigenvalue weighted by molar-refractivity contribution is 5.94. The Labute approximate surface area is 121 Å². The van der Waals surface area contributed by atoms with Crippen molar-refractivity contribution in [1.82, 2.24) is 9.97 Å². The summed E-state index contributed by atoms with van der Waals surface area (Å²) in [6.45, 7) is 0. The molecule has 2 heterocycles. The number of aromatic nitrogens is 2. The fourth-order valence-electron chi connectivity index (χ4n) is 1.95. The van der Waals surface area contributed by atoms with E-state index in [0.29, 0.717) is 17.2 Å². The lowest BCUT2D eigenvalue weighted by molar-refractivity contribution is 0.0595. The monoisotopic (exact) mass is 280 g/mol. The average Bonchev–Trinajstić information content (AvgIpc) is 3.01. The first-order valence-electron chi connectivity index (χ1n) is 6.34. The van der Waals surface area contributed by atoms with E-state index in [2.05, 4.69) is 9.97 Å². The van der Waals surface area contributed by atoms with Crippen molar-refractivity contribution in [3.05, 3.63) is 60.6 Å². The van der Waals surface area contributed by atoms with E-state index >= 15 is 0 Å². The predicted octanol–water partition coefficient (Wildman–Crippen LogP) is 3.19. The van der Waals surface area contributed by atoms with Crippen LogP contribution in [0.25, 0.3) is 22.8 Å². The van der Waals surface area contributed by atoms with Crippen LogP contribution < -0.4 is 0 Å². The quantitative estimate of drug-likeness (QED) is 0.689. The second-order valence-electron chi connectivity index (χ2n) is 4.30. The number of rotatable bonds is 3. The van der Waals surface area contributed by atoms with Gasteiger partial charge in [-0.05, 0) is 24.3 Å². The number of oxazole rings is 1. The third-order valence-corrected chi connectivity index (χ3v) is 2.95. The first kappa shape index (κ1) is 13.1. The Morgan fingerprint density at radius 2 is 1.86 bits per heavy atom. The van der Waals surface area contributed by atoms with Gasteiger partial charge in [-0.3, -0.25) is 4.98 Å². The number of carbonyl (C=O) groups excluding carboxylic acids is 1. The van der Waals surface area contributed by atoms with E-state index in [1.54, 1.807) is 24.5 Å². The highest BCUT2D eigenvalue weighted by atomic mass is 16.5. The maximum Gasteiger partial charge on any atom is 0.360 e. The first-order valence-corrected chi connectivity index (χ1v) is 6.34. The van der Waals surface area contributed by atoms with Gasteiger partial charge in [0.1, 0.15) is 0 Å². The number of hydrogen-bond donors (Lipinski definition) is 0. The van der Waals surface area contributed by atoms with E-state index < -0.39 is 5.97 Å². The fraction of sp³-hybridized carbons (Fsp3) is 0.0625. The zero-order valence-electron chi connectivity index (χ0n) is 11.3. The second kappa shape index (κ2) is 5.58. The van der Waals surface area contributed by atoms with Crippen LogP contribution in [0.5, 0.6) is 0 Å². The van der Waals surface area contributed by atoms with Gasteiger partial charge in [-0.1, -0.05) is 18.2 Å². The lowest BCUT2D eigenvalue weighted by Crippen LogP contribution is -2.03. The molecule has 0 saturated carbocycles. The zero-order chi connectivity index (χ0) is 14.7. The van der Waals surface area contributed by atoms with Crippen LogP contribution in [0, 0.1) is 0 Å². The zero-order valence-corrected chi connectivity index (χ0v) is 11.3. The molecular formula is C16H12N2O3. The largest absolute Gasteiger partial charge is 0.464 e. The summed E-state index contributed by atoms with van der Waals surface area (Å²) >= 11 is 0. The summed E-state index contributed by atoms with van der Waals surface area (Å²) in [6.07, 6.45) is 3.26. The fourth-order valence-corrected chi connectivity index (χ4v) is 1.95. The highest BCUT2D eigenvalue weighted by Crippen LogP contribution is 2.29. The summed E-state index contributed by atoms with van der Waals surface area (Å²) in [4.78, 5) is 20.2. The van der Waals surface area contributed by atoms with Crippen LogP contribution >= 0.6 is 0 Å². The Balaban J connectivity index is 2.14. The SMILES string of the molecule is COC(=O)c1nc(-c2ccccc2)oc1-c1cccnc1. The van der Waals surface area contributed by atoms with Crippen molar-refractivity contribution in [3.8, 4) is 22.8 Å². The van der Waals surface area contributed by atoms with Crippen molar-refractivity contribution >= 4 is 5.97 Å². The predicted molar refractivity (Wildman–Crippen MR) is 76.5 cm³/mol. The Morgan fingerprint density at radius 3 is 2.52 bits per heavy atom. The lowest BCUT2D eigenvalue weighted by atomic mass is 10.2. The molecule has 104 valence electrons. The van der Waals surface area contributed by atoms with Gasteiger partial charge in [-0.15, -0.1) is 0 Å². The number of hydrogen-bond acceptors (Lipinski definition) is 5. The van der Waals surface area contributed by atoms with Crippen LogP contribution in [0.3, 0.4) is 0 Å². The van der Waals surface area contributed by atoms with E-state index in [4.69, 9.17) is 9.15 Å². The van der Waals surface area contributed by atoms with Gasteiger partial charge in [0.25, 0.3) is 0 Å². The third kappa shape index (κ3) is 2.53. The van der Waals surface area contributed by atoms with Gasteiger partial charge in [0.05, 0.1) is 7.11 Å². The Morgan fingerprint density at radius 1 is 1.10 bits per heavy atom. The molecule has 0 N–H and O–H groups in total. The summed E-state index contributed by atoms with van der Waals surface area (Å²) in [7, 11) is 1.31. The summed E-state index contributed by atoms with van der Waals surface area (Å²) in [5, 5.41) is 0. The van der Waals surface area contributed by atoms with Gasteiger partial charge in [0.15, 0.2) is 11.5 Å². The van der Waals surface area contributed by atoms with E-state index in [-0.39, 0.29) is 5.69 Å². The molecule has 0 amide bonds. The number of pyridine rings is 1. The van der Waals surface area contributed by atoms with Crippen LogP contribution in [0.4, 0.5) is 0 Å². The second-order valence-corrected chi connectivity index (χ2v) is 4.30. The minimum atomic E-state index is -0.542. The van der Waals surface area contributed by atoms with Gasteiger partial charge in [0, 0.05) is 23.5 Å². The molecule has 2 aromatic heterocycles. The van der Waals surface area contributed by atoms with E-state index in [1.807, 2.05) is 30.3 Å². The highest BCUT2D eigenvalue weighted by Gasteiger charge is 2.22. The van der Waals surface area contributed by atoms with Crippen molar-refractivity contribution < 1.29 is 13.9 Å². The summed E-state index contributed by atoms with van der Waals surface area (Å²) in [5.74, 6) is 0.184. The molecule has 0 fully saturated rings. The van der Waals surface area contributed by atoms with Gasteiger partial charge < -0.3 is 9.15 Å². The van der Waals surface area contributed by atoms with Gasteiger partial charge >= 0.3 is 5.97 Å². The molecule has 0 radical (unpaired) electrons. The summed E-state index contributed by atoms with van der Waals surface area (Å²) in [5.41, 5.74) is 1.61. The number of esters is 1. The molecule has 0 aliphatic heterocycles. The van der Waals surface area contributed by atoms with Crippen LogP contribution in [0.1, 0.15) is 10.5 Å². The first-order chi connectivity index (χ1) is 10.3. The number of ether oxygens (including phenoxy) is 1. The van der Waals surface area contributed by atoms with Gasteiger partial charge in [0.2, 0.25) is 5.89 Å². The number of carbonyl (C=O) groups is 1. The Kier molecular flexibility index (Phi) is 3.47. The summed E-state index contributed by atoms with van der Waals surface area (Å²) < 4.78 is 10.5. The average molecular weight is 280 g/mol. The Hall–Kier alpha value is -2.95. The van der Waals surface area contributed by atoms with Crippen LogP contribution in [-0.2, 0) is 4.74 Å². The molecule has 21 heavy (non-hydrogen) atoms. The minimum Gasteiger partial charge on any atom is -0.464 e. The third-order valence-electron chi connectivity index (χ3n) is 2.95. The Bertz CT molecular complexity index is 752. The molecule has 0 bridgehead atoms. The van der Waals surface area contributed by atoms with E-state index in [1.165, 1.54) is 7.11 Å².